The van der Waals surface area contributed by atoms with Crippen LogP contribution >= 0.6 is 0 Å². The quantitative estimate of drug-likeness (QED) is 0.567. The number of para-hydroxylation sites is 1. The van der Waals surface area contributed by atoms with Crippen molar-refractivity contribution in [3.63, 3.8) is 0 Å². The molecule has 3 atom stereocenters. The summed E-state index contributed by atoms with van der Waals surface area (Å²) in [6.45, 7) is 0.912. The summed E-state index contributed by atoms with van der Waals surface area (Å²) in [5, 5.41) is 8.03. The summed E-state index contributed by atoms with van der Waals surface area (Å²) < 4.78 is 28.4. The van der Waals surface area contributed by atoms with Crippen LogP contribution in [0.15, 0.2) is 53.4 Å². The fourth-order valence-corrected chi connectivity index (χ4v) is 4.20. The number of hydrazine groups is 1. The third-order valence-corrected chi connectivity index (χ3v) is 6.11. The number of nitrogens with one attached hydrogen (secondary N) is 3. The fourth-order valence-electron chi connectivity index (χ4n) is 3.69. The summed E-state index contributed by atoms with van der Waals surface area (Å²) in [6.07, 6.45) is 0.588. The van der Waals surface area contributed by atoms with E-state index in [2.05, 4.69) is 16.2 Å². The van der Waals surface area contributed by atoms with E-state index in [-0.39, 0.29) is 28.8 Å². The Morgan fingerprint density at radius 3 is 2.64 bits per heavy atom. The summed E-state index contributed by atoms with van der Waals surface area (Å²) in [4.78, 5) is 12.7. The summed E-state index contributed by atoms with van der Waals surface area (Å²) in [7, 11) is -3.69. The molecule has 1 fully saturated rings. The second-order valence-electron chi connectivity index (χ2n) is 6.99. The molecule has 0 radical (unpaired) electrons. The third-order valence-electron chi connectivity index (χ3n) is 5.18. The van der Waals surface area contributed by atoms with Gasteiger partial charge in [0.25, 0.3) is 0 Å². The molecule has 8 nitrogen and oxygen atoms in total. The molecule has 2 aliphatic heterocycles. The van der Waals surface area contributed by atoms with Crippen molar-refractivity contribution in [2.75, 3.05) is 13.2 Å². The van der Waals surface area contributed by atoms with Crippen molar-refractivity contribution in [2.24, 2.45) is 11.1 Å². The van der Waals surface area contributed by atoms with Crippen LogP contribution in [0.4, 0.5) is 0 Å². The average Bonchev–Trinajstić information content (AvgIpc) is 3.12. The zero-order valence-electron chi connectivity index (χ0n) is 15.1. The highest BCUT2D eigenvalue weighted by Crippen LogP contribution is 2.38. The van der Waals surface area contributed by atoms with Crippen molar-refractivity contribution in [2.45, 2.75) is 23.4 Å². The van der Waals surface area contributed by atoms with E-state index < -0.39 is 10.0 Å². The number of amides is 1. The Balaban J connectivity index is 1.33. The van der Waals surface area contributed by atoms with Crippen LogP contribution in [0.3, 0.4) is 0 Å². The number of rotatable bonds is 5. The molecule has 5 N–H and O–H groups in total. The Bertz CT molecular complexity index is 978. The molecular weight excluding hydrogens is 380 g/mol. The lowest BCUT2D eigenvalue weighted by Crippen LogP contribution is -2.47. The minimum atomic E-state index is -3.69. The molecule has 148 valence electrons. The van der Waals surface area contributed by atoms with E-state index in [1.54, 1.807) is 12.1 Å². The van der Waals surface area contributed by atoms with Gasteiger partial charge in [0.15, 0.2) is 0 Å². The number of benzene rings is 2. The average molecular weight is 402 g/mol. The molecule has 1 saturated heterocycles. The van der Waals surface area contributed by atoms with Crippen LogP contribution in [-0.2, 0) is 21.2 Å². The van der Waals surface area contributed by atoms with Crippen molar-refractivity contribution in [3.05, 3.63) is 59.7 Å². The van der Waals surface area contributed by atoms with E-state index in [4.69, 9.17) is 9.88 Å². The second kappa shape index (κ2) is 7.51. The molecule has 2 aliphatic rings. The molecule has 0 aliphatic carbocycles. The van der Waals surface area contributed by atoms with Crippen LogP contribution in [0.1, 0.15) is 17.2 Å². The highest BCUT2D eigenvalue weighted by molar-refractivity contribution is 7.89. The predicted molar refractivity (Wildman–Crippen MR) is 103 cm³/mol. The number of ether oxygens (including phenoxy) is 1. The van der Waals surface area contributed by atoms with Gasteiger partial charge in [-0.15, -0.1) is 0 Å². The van der Waals surface area contributed by atoms with Crippen LogP contribution in [0.5, 0.6) is 5.75 Å². The summed E-state index contributed by atoms with van der Waals surface area (Å²) >= 11 is 0. The molecule has 0 aromatic heterocycles. The van der Waals surface area contributed by atoms with Gasteiger partial charge in [-0.05, 0) is 30.2 Å². The SMILES string of the molecule is NS(=O)(=O)c1ccc(CCNC(=O)C2NNC3c4ccccc4OCC23)cc1. The summed E-state index contributed by atoms with van der Waals surface area (Å²) in [5.41, 5.74) is 8.27. The normalized spacial score (nSPS) is 23.4. The zero-order chi connectivity index (χ0) is 19.7. The van der Waals surface area contributed by atoms with E-state index in [1.165, 1.54) is 12.1 Å². The smallest absolute Gasteiger partial charge is 0.239 e. The Labute approximate surface area is 163 Å². The first-order valence-electron chi connectivity index (χ1n) is 9.06. The highest BCUT2D eigenvalue weighted by Gasteiger charge is 2.44. The van der Waals surface area contributed by atoms with Crippen LogP contribution < -0.4 is 26.0 Å². The van der Waals surface area contributed by atoms with Crippen molar-refractivity contribution < 1.29 is 17.9 Å². The van der Waals surface area contributed by atoms with Gasteiger partial charge < -0.3 is 10.1 Å². The number of sulfonamides is 1. The lowest BCUT2D eigenvalue weighted by molar-refractivity contribution is -0.124. The molecule has 1 amide bonds. The summed E-state index contributed by atoms with van der Waals surface area (Å²) in [6, 6.07) is 13.8. The Hall–Kier alpha value is -2.46. The maximum absolute atomic E-state index is 12.6. The maximum Gasteiger partial charge on any atom is 0.239 e. The minimum absolute atomic E-state index is 0.00365. The molecule has 4 rings (SSSR count). The fraction of sp³-hybridized carbons (Fsp3) is 0.316. The molecule has 3 unspecified atom stereocenters. The van der Waals surface area contributed by atoms with E-state index in [9.17, 15) is 13.2 Å². The van der Waals surface area contributed by atoms with Crippen LogP contribution in [0, 0.1) is 5.92 Å². The van der Waals surface area contributed by atoms with Crippen molar-refractivity contribution in [1.82, 2.24) is 16.2 Å². The second-order valence-corrected chi connectivity index (χ2v) is 8.55. The number of fused-ring (bicyclic) bond motifs is 3. The van der Waals surface area contributed by atoms with Crippen molar-refractivity contribution in [3.8, 4) is 5.75 Å². The zero-order valence-corrected chi connectivity index (χ0v) is 15.9. The molecule has 2 heterocycles. The van der Waals surface area contributed by atoms with E-state index in [0.717, 1.165) is 16.9 Å². The summed E-state index contributed by atoms with van der Waals surface area (Å²) in [5.74, 6) is 0.759. The molecule has 28 heavy (non-hydrogen) atoms. The Morgan fingerprint density at radius 1 is 1.14 bits per heavy atom. The van der Waals surface area contributed by atoms with Crippen molar-refractivity contribution >= 4 is 15.9 Å². The van der Waals surface area contributed by atoms with Crippen LogP contribution in [0.25, 0.3) is 0 Å². The number of nitrogens with two attached hydrogens (primary N) is 1. The number of hydrogen-bond acceptors (Lipinski definition) is 6. The van der Waals surface area contributed by atoms with E-state index in [0.29, 0.717) is 19.6 Å². The van der Waals surface area contributed by atoms with E-state index >= 15 is 0 Å². The number of carbonyl (C=O) groups excluding carboxylic acids is 1. The number of primary sulfonamides is 1. The number of hydrogen-bond donors (Lipinski definition) is 4. The van der Waals surface area contributed by atoms with Gasteiger partial charge >= 0.3 is 0 Å². The van der Waals surface area contributed by atoms with Crippen LogP contribution in [0.2, 0.25) is 0 Å². The lowest BCUT2D eigenvalue weighted by Gasteiger charge is -2.29. The van der Waals surface area contributed by atoms with Gasteiger partial charge in [0.1, 0.15) is 11.8 Å². The Kier molecular flexibility index (Phi) is 5.07. The van der Waals surface area contributed by atoms with Gasteiger partial charge in [0.05, 0.1) is 17.5 Å². The first-order valence-corrected chi connectivity index (χ1v) is 10.6. The van der Waals surface area contributed by atoms with E-state index in [1.807, 2.05) is 24.3 Å². The molecule has 9 heteroatoms. The number of carbonyl (C=O) groups is 1. The van der Waals surface area contributed by atoms with Gasteiger partial charge in [0.2, 0.25) is 15.9 Å². The standard InChI is InChI=1S/C19H22N4O4S/c20-28(25,26)13-7-5-12(6-8-13)9-10-21-19(24)18-15-11-27-16-4-2-1-3-14(16)17(15)22-23-18/h1-8,15,17-18,22-23H,9-11H2,(H,21,24)(H2,20,25,26). The lowest BCUT2D eigenvalue weighted by atomic mass is 9.87. The third kappa shape index (κ3) is 3.74. The minimum Gasteiger partial charge on any atom is -0.493 e. The maximum atomic E-state index is 12.6. The molecule has 0 spiro atoms. The van der Waals surface area contributed by atoms with Crippen molar-refractivity contribution in [1.29, 1.82) is 0 Å². The van der Waals surface area contributed by atoms with Gasteiger partial charge in [-0.3, -0.25) is 4.79 Å². The van der Waals surface area contributed by atoms with Gasteiger partial charge in [-0.2, -0.15) is 0 Å². The molecular formula is C19H22N4O4S. The molecule has 0 saturated carbocycles. The first-order chi connectivity index (χ1) is 13.4. The largest absolute Gasteiger partial charge is 0.493 e. The first kappa shape index (κ1) is 18.9. The Morgan fingerprint density at radius 2 is 1.89 bits per heavy atom. The molecule has 0 bridgehead atoms. The monoisotopic (exact) mass is 402 g/mol. The topological polar surface area (TPSA) is 123 Å². The van der Waals surface area contributed by atoms with Gasteiger partial charge in [0, 0.05) is 18.0 Å². The molecule has 2 aromatic carbocycles. The van der Waals surface area contributed by atoms with Crippen LogP contribution in [-0.4, -0.2) is 33.5 Å². The predicted octanol–water partition coefficient (Wildman–Crippen LogP) is 0.219. The van der Waals surface area contributed by atoms with Gasteiger partial charge in [-0.1, -0.05) is 30.3 Å². The van der Waals surface area contributed by atoms with Gasteiger partial charge in [-0.25, -0.2) is 24.4 Å². The highest BCUT2D eigenvalue weighted by atomic mass is 32.2. The molecule has 2 aromatic rings.